The number of nitrogens with one attached hydrogen (secondary N) is 1. The quantitative estimate of drug-likeness (QED) is 0.665. The van der Waals surface area contributed by atoms with Crippen molar-refractivity contribution in [3.8, 4) is 0 Å². The Labute approximate surface area is 117 Å². The first kappa shape index (κ1) is 14.2. The molecular weight excluding hydrogens is 260 g/mol. The van der Waals surface area contributed by atoms with E-state index in [4.69, 9.17) is 10.6 Å². The Morgan fingerprint density at radius 3 is 2.47 bits per heavy atom. The van der Waals surface area contributed by atoms with Crippen LogP contribution in [-0.2, 0) is 4.74 Å². The van der Waals surface area contributed by atoms with E-state index in [1.54, 1.807) is 18.4 Å². The summed E-state index contributed by atoms with van der Waals surface area (Å²) < 4.78 is 5.49. The molecule has 104 valence electrons. The number of rotatable bonds is 4. The second kappa shape index (κ2) is 5.40. The van der Waals surface area contributed by atoms with Crippen LogP contribution >= 0.6 is 11.3 Å². The Kier molecular flexibility index (Phi) is 4.03. The minimum Gasteiger partial charge on any atom is -0.373 e. The normalized spacial score (nSPS) is 13.2. The highest BCUT2D eigenvalue weighted by atomic mass is 32.1. The maximum atomic E-state index is 5.60. The van der Waals surface area contributed by atoms with Crippen molar-refractivity contribution in [3.05, 3.63) is 16.3 Å². The molecule has 0 bridgehead atoms. The maximum Gasteiger partial charge on any atom is 0.161 e. The maximum absolute atomic E-state index is 5.60. The lowest BCUT2D eigenvalue weighted by atomic mass is 10.1. The number of aromatic nitrogens is 2. The van der Waals surface area contributed by atoms with E-state index in [0.29, 0.717) is 17.6 Å². The minimum atomic E-state index is -0.126. The molecule has 0 fully saturated rings. The number of anilines is 1. The minimum absolute atomic E-state index is 0.126. The highest BCUT2D eigenvalue weighted by molar-refractivity contribution is 7.18. The molecule has 0 aliphatic carbocycles. The molecule has 1 unspecified atom stereocenters. The van der Waals surface area contributed by atoms with Gasteiger partial charge in [-0.3, -0.25) is 0 Å². The topological polar surface area (TPSA) is 73.1 Å². The lowest BCUT2D eigenvalue weighted by Crippen LogP contribution is -2.16. The molecule has 3 N–H and O–H groups in total. The van der Waals surface area contributed by atoms with Gasteiger partial charge < -0.3 is 10.2 Å². The van der Waals surface area contributed by atoms with Gasteiger partial charge in [-0.05, 0) is 25.3 Å². The largest absolute Gasteiger partial charge is 0.373 e. The van der Waals surface area contributed by atoms with Crippen molar-refractivity contribution in [3.63, 3.8) is 0 Å². The van der Waals surface area contributed by atoms with Crippen LogP contribution in [0.3, 0.4) is 0 Å². The average molecular weight is 280 g/mol. The first-order valence-corrected chi connectivity index (χ1v) is 7.08. The fourth-order valence-electron chi connectivity index (χ4n) is 2.17. The molecular formula is C13H20N4OS. The molecule has 0 aliphatic rings. The van der Waals surface area contributed by atoms with Crippen molar-refractivity contribution in [1.29, 1.82) is 0 Å². The number of nitrogen functional groups attached to an aromatic ring is 1. The fourth-order valence-corrected chi connectivity index (χ4v) is 3.21. The second-order valence-electron chi connectivity index (χ2n) is 4.94. The molecule has 0 saturated carbocycles. The van der Waals surface area contributed by atoms with E-state index in [0.717, 1.165) is 10.2 Å². The summed E-state index contributed by atoms with van der Waals surface area (Å²) in [7, 11) is 1.68. The lowest BCUT2D eigenvalue weighted by molar-refractivity contribution is 0.0579. The van der Waals surface area contributed by atoms with Crippen LogP contribution in [0.5, 0.6) is 0 Å². The summed E-state index contributed by atoms with van der Waals surface area (Å²) >= 11 is 1.66. The van der Waals surface area contributed by atoms with Crippen LogP contribution < -0.4 is 11.3 Å². The number of fused-ring (bicyclic) bond motifs is 1. The molecule has 0 spiro atoms. The van der Waals surface area contributed by atoms with Gasteiger partial charge in [0.05, 0.1) is 5.39 Å². The number of thiophene rings is 1. The standard InChI is InChI=1S/C13H20N4OS/c1-6(2)10(18-5)12-15-11(17-14)9-7(3)8(4)19-13(9)16-12/h6,10H,14H2,1-5H3,(H,15,16,17). The Morgan fingerprint density at radius 1 is 1.26 bits per heavy atom. The van der Waals surface area contributed by atoms with Gasteiger partial charge in [0.2, 0.25) is 0 Å². The molecule has 1 atom stereocenters. The molecule has 2 aromatic rings. The first-order chi connectivity index (χ1) is 8.99. The summed E-state index contributed by atoms with van der Waals surface area (Å²) in [4.78, 5) is 11.4. The summed E-state index contributed by atoms with van der Waals surface area (Å²) in [5.41, 5.74) is 3.86. The van der Waals surface area contributed by atoms with Gasteiger partial charge in [0, 0.05) is 12.0 Å². The third-order valence-electron chi connectivity index (χ3n) is 3.30. The Hall–Kier alpha value is -1.24. The van der Waals surface area contributed by atoms with E-state index in [-0.39, 0.29) is 6.10 Å². The zero-order valence-electron chi connectivity index (χ0n) is 11.9. The summed E-state index contributed by atoms with van der Waals surface area (Å²) in [6.07, 6.45) is -0.126. The number of nitrogens with two attached hydrogens (primary N) is 1. The third kappa shape index (κ3) is 2.43. The van der Waals surface area contributed by atoms with Crippen molar-refractivity contribution < 1.29 is 4.74 Å². The summed E-state index contributed by atoms with van der Waals surface area (Å²) in [6, 6.07) is 0. The van der Waals surface area contributed by atoms with Crippen LogP contribution in [-0.4, -0.2) is 17.1 Å². The molecule has 0 aliphatic heterocycles. The van der Waals surface area contributed by atoms with Crippen LogP contribution in [0.15, 0.2) is 0 Å². The summed E-state index contributed by atoms with van der Waals surface area (Å²) in [6.45, 7) is 8.32. The van der Waals surface area contributed by atoms with Crippen LogP contribution in [0.1, 0.15) is 36.2 Å². The van der Waals surface area contributed by atoms with Gasteiger partial charge in [-0.2, -0.15) is 0 Å². The number of hydrogen-bond donors (Lipinski definition) is 2. The molecule has 5 nitrogen and oxygen atoms in total. The molecule has 19 heavy (non-hydrogen) atoms. The second-order valence-corrected chi connectivity index (χ2v) is 6.14. The van der Waals surface area contributed by atoms with E-state index >= 15 is 0 Å². The Bertz CT molecular complexity index is 594. The van der Waals surface area contributed by atoms with Gasteiger partial charge in [0.15, 0.2) is 11.6 Å². The average Bonchev–Trinajstić information content (AvgIpc) is 2.64. The van der Waals surface area contributed by atoms with E-state index in [9.17, 15) is 0 Å². The zero-order valence-corrected chi connectivity index (χ0v) is 12.8. The SMILES string of the molecule is COC(c1nc(NN)c2c(C)c(C)sc2n1)C(C)C. The van der Waals surface area contributed by atoms with Gasteiger partial charge in [-0.1, -0.05) is 13.8 Å². The van der Waals surface area contributed by atoms with Gasteiger partial charge in [0.25, 0.3) is 0 Å². The highest BCUT2D eigenvalue weighted by Gasteiger charge is 2.22. The van der Waals surface area contributed by atoms with Crippen molar-refractivity contribution in [2.75, 3.05) is 12.5 Å². The zero-order chi connectivity index (χ0) is 14.2. The monoisotopic (exact) mass is 280 g/mol. The van der Waals surface area contributed by atoms with Gasteiger partial charge in [0.1, 0.15) is 10.9 Å². The summed E-state index contributed by atoms with van der Waals surface area (Å²) in [5.74, 6) is 7.26. The van der Waals surface area contributed by atoms with Gasteiger partial charge in [-0.15, -0.1) is 11.3 Å². The predicted octanol–water partition coefficient (Wildman–Crippen LogP) is 2.94. The molecule has 6 heteroatoms. The van der Waals surface area contributed by atoms with Crippen molar-refractivity contribution >= 4 is 27.4 Å². The Balaban J connectivity index is 2.66. The molecule has 0 saturated heterocycles. The van der Waals surface area contributed by atoms with Gasteiger partial charge >= 0.3 is 0 Å². The third-order valence-corrected chi connectivity index (χ3v) is 4.40. The number of hydrazine groups is 1. The number of aryl methyl sites for hydroxylation is 2. The number of methoxy groups -OCH3 is 1. The van der Waals surface area contributed by atoms with Crippen molar-refractivity contribution in [2.45, 2.75) is 33.8 Å². The van der Waals surface area contributed by atoms with E-state index < -0.39 is 0 Å². The molecule has 2 rings (SSSR count). The Morgan fingerprint density at radius 2 is 1.95 bits per heavy atom. The van der Waals surface area contributed by atoms with Gasteiger partial charge in [-0.25, -0.2) is 15.8 Å². The fraction of sp³-hybridized carbons (Fsp3) is 0.538. The van der Waals surface area contributed by atoms with Crippen molar-refractivity contribution in [1.82, 2.24) is 9.97 Å². The van der Waals surface area contributed by atoms with E-state index in [2.05, 4.69) is 43.1 Å². The lowest BCUT2D eigenvalue weighted by Gasteiger charge is -2.18. The molecule has 0 aromatic carbocycles. The molecule has 2 aromatic heterocycles. The first-order valence-electron chi connectivity index (χ1n) is 6.26. The van der Waals surface area contributed by atoms with Crippen LogP contribution in [0.4, 0.5) is 5.82 Å². The number of ether oxygens (including phenoxy) is 1. The molecule has 2 heterocycles. The molecule has 0 amide bonds. The predicted molar refractivity (Wildman–Crippen MR) is 79.3 cm³/mol. The van der Waals surface area contributed by atoms with Crippen molar-refractivity contribution in [2.24, 2.45) is 11.8 Å². The van der Waals surface area contributed by atoms with Crippen LogP contribution in [0, 0.1) is 19.8 Å². The molecule has 0 radical (unpaired) electrons. The highest BCUT2D eigenvalue weighted by Crippen LogP contribution is 2.34. The smallest absolute Gasteiger partial charge is 0.161 e. The van der Waals surface area contributed by atoms with Crippen LogP contribution in [0.25, 0.3) is 10.2 Å². The summed E-state index contributed by atoms with van der Waals surface area (Å²) in [5, 5.41) is 1.01. The number of hydrogen-bond acceptors (Lipinski definition) is 6. The van der Waals surface area contributed by atoms with E-state index in [1.807, 2.05) is 0 Å². The van der Waals surface area contributed by atoms with E-state index in [1.165, 1.54) is 10.4 Å². The van der Waals surface area contributed by atoms with Crippen LogP contribution in [0.2, 0.25) is 0 Å². The number of nitrogens with zero attached hydrogens (tertiary/aromatic N) is 2.